The van der Waals surface area contributed by atoms with E-state index in [1.54, 1.807) is 37.2 Å². The number of aromatic nitrogens is 8. The van der Waals surface area contributed by atoms with E-state index in [0.29, 0.717) is 11.5 Å². The predicted octanol–water partition coefficient (Wildman–Crippen LogP) is 4.02. The molecule has 2 N–H and O–H groups in total. The minimum atomic E-state index is 0.633. The van der Waals surface area contributed by atoms with Crippen LogP contribution in [0.5, 0.6) is 0 Å². The van der Waals surface area contributed by atoms with Gasteiger partial charge in [-0.05, 0) is 30.3 Å². The van der Waals surface area contributed by atoms with Gasteiger partial charge in [-0.15, -0.1) is 0 Å². The number of imidazole rings is 1. The average Bonchev–Trinajstić information content (AvgIpc) is 3.43. The monoisotopic (exact) mass is 390 g/mol. The van der Waals surface area contributed by atoms with Gasteiger partial charge in [0, 0.05) is 47.7 Å². The maximum Gasteiger partial charge on any atom is 0.161 e. The Balaban J connectivity index is 1.52. The van der Waals surface area contributed by atoms with E-state index in [9.17, 15) is 0 Å². The Morgan fingerprint density at radius 1 is 0.667 bits per heavy atom. The smallest absolute Gasteiger partial charge is 0.161 e. The zero-order valence-corrected chi connectivity index (χ0v) is 15.6. The highest BCUT2D eigenvalue weighted by Gasteiger charge is 2.17. The van der Waals surface area contributed by atoms with Crippen LogP contribution in [-0.4, -0.2) is 40.1 Å². The minimum Gasteiger partial charge on any atom is -0.335 e. The molecule has 6 aromatic rings. The number of nitrogens with one attached hydrogen (secondary N) is 2. The summed E-state index contributed by atoms with van der Waals surface area (Å²) in [6.45, 7) is 0. The molecule has 0 saturated carbocycles. The Labute approximate surface area is 170 Å². The third-order valence-electron chi connectivity index (χ3n) is 4.97. The normalized spacial score (nSPS) is 11.3. The third kappa shape index (κ3) is 2.62. The second kappa shape index (κ2) is 6.56. The molecular formula is C22H14N8. The average molecular weight is 390 g/mol. The molecule has 6 heterocycles. The topological polar surface area (TPSA) is 109 Å². The lowest BCUT2D eigenvalue weighted by Gasteiger charge is -2.00. The molecule has 0 radical (unpaired) electrons. The number of H-pyrrole nitrogens is 2. The van der Waals surface area contributed by atoms with Crippen molar-refractivity contribution in [2.45, 2.75) is 0 Å². The lowest BCUT2D eigenvalue weighted by molar-refractivity contribution is 1.10. The number of aromatic amines is 2. The molecule has 6 aromatic heterocycles. The summed E-state index contributed by atoms with van der Waals surface area (Å²) in [6.07, 6.45) is 10.6. The molecule has 0 bridgehead atoms. The molecule has 0 atom stereocenters. The van der Waals surface area contributed by atoms with E-state index < -0.39 is 0 Å². The second-order valence-electron chi connectivity index (χ2n) is 6.81. The molecule has 0 fully saturated rings. The fourth-order valence-electron chi connectivity index (χ4n) is 3.53. The lowest BCUT2D eigenvalue weighted by atomic mass is 10.1. The van der Waals surface area contributed by atoms with Gasteiger partial charge in [-0.2, -0.15) is 5.10 Å². The van der Waals surface area contributed by atoms with Gasteiger partial charge < -0.3 is 4.98 Å². The summed E-state index contributed by atoms with van der Waals surface area (Å²) in [5.74, 6) is 0.633. The van der Waals surface area contributed by atoms with Crippen LogP contribution >= 0.6 is 0 Å². The van der Waals surface area contributed by atoms with Gasteiger partial charge in [0.1, 0.15) is 11.0 Å². The van der Waals surface area contributed by atoms with Crippen molar-refractivity contribution in [2.75, 3.05) is 0 Å². The van der Waals surface area contributed by atoms with E-state index in [1.165, 1.54) is 0 Å². The molecule has 0 aliphatic carbocycles. The van der Waals surface area contributed by atoms with Crippen LogP contribution in [0.4, 0.5) is 0 Å². The fourth-order valence-corrected chi connectivity index (χ4v) is 3.53. The standard InChI is InChI=1S/C22H14N8/c1-2-14(10-24-7-1)15-11-25-12-18-19(15)28-22(27-18)21-20-17(29-30-21)4-3-16(26-20)13-5-8-23-9-6-13/h1-12H,(H,27,28)(H,29,30). The van der Waals surface area contributed by atoms with Crippen molar-refractivity contribution < 1.29 is 0 Å². The molecule has 0 aliphatic rings. The summed E-state index contributed by atoms with van der Waals surface area (Å²) >= 11 is 0. The highest BCUT2D eigenvalue weighted by molar-refractivity contribution is 5.95. The Hall–Kier alpha value is -4.46. The maximum atomic E-state index is 4.83. The van der Waals surface area contributed by atoms with Crippen LogP contribution in [0.2, 0.25) is 0 Å². The van der Waals surface area contributed by atoms with E-state index in [0.717, 1.165) is 44.5 Å². The maximum absolute atomic E-state index is 4.83. The van der Waals surface area contributed by atoms with Crippen LogP contribution in [0, 0.1) is 0 Å². The first-order chi connectivity index (χ1) is 14.9. The molecule has 0 aromatic carbocycles. The Bertz CT molecular complexity index is 1490. The van der Waals surface area contributed by atoms with Crippen LogP contribution in [0.3, 0.4) is 0 Å². The zero-order chi connectivity index (χ0) is 19.9. The van der Waals surface area contributed by atoms with Crippen molar-refractivity contribution in [2.24, 2.45) is 0 Å². The zero-order valence-electron chi connectivity index (χ0n) is 15.6. The SMILES string of the molecule is c1cncc(-c2cncc3[nH]c(-c4n[nH]c5ccc(-c6ccncc6)nc45)nc23)c1. The molecule has 6 rings (SSSR count). The van der Waals surface area contributed by atoms with Gasteiger partial charge in [0.15, 0.2) is 11.5 Å². The van der Waals surface area contributed by atoms with Crippen molar-refractivity contribution >= 4 is 22.1 Å². The number of pyridine rings is 4. The largest absolute Gasteiger partial charge is 0.335 e. The van der Waals surface area contributed by atoms with Gasteiger partial charge >= 0.3 is 0 Å². The van der Waals surface area contributed by atoms with Gasteiger partial charge in [0.25, 0.3) is 0 Å². The summed E-state index contributed by atoms with van der Waals surface area (Å²) in [7, 11) is 0. The Morgan fingerprint density at radius 3 is 2.47 bits per heavy atom. The number of nitrogens with zero attached hydrogens (tertiary/aromatic N) is 6. The van der Waals surface area contributed by atoms with Crippen molar-refractivity contribution in [3.8, 4) is 33.9 Å². The molecule has 8 nitrogen and oxygen atoms in total. The summed E-state index contributed by atoms with van der Waals surface area (Å²) in [6, 6.07) is 11.7. The van der Waals surface area contributed by atoms with E-state index in [1.807, 2.05) is 36.4 Å². The lowest BCUT2D eigenvalue weighted by Crippen LogP contribution is -1.87. The van der Waals surface area contributed by atoms with E-state index in [-0.39, 0.29) is 0 Å². The van der Waals surface area contributed by atoms with Gasteiger partial charge in [-0.25, -0.2) is 9.97 Å². The molecular weight excluding hydrogens is 376 g/mol. The first-order valence-electron chi connectivity index (χ1n) is 9.37. The van der Waals surface area contributed by atoms with Crippen LogP contribution in [0.1, 0.15) is 0 Å². The van der Waals surface area contributed by atoms with E-state index in [2.05, 4.69) is 30.1 Å². The van der Waals surface area contributed by atoms with Crippen LogP contribution < -0.4 is 0 Å². The van der Waals surface area contributed by atoms with E-state index in [4.69, 9.17) is 9.97 Å². The summed E-state index contributed by atoms with van der Waals surface area (Å²) in [5, 5.41) is 7.52. The quantitative estimate of drug-likeness (QED) is 0.472. The molecule has 0 spiro atoms. The molecule has 8 heteroatoms. The Kier molecular flexibility index (Phi) is 3.60. The minimum absolute atomic E-state index is 0.633. The van der Waals surface area contributed by atoms with Crippen molar-refractivity contribution in [3.63, 3.8) is 0 Å². The van der Waals surface area contributed by atoms with Crippen molar-refractivity contribution in [1.82, 2.24) is 40.1 Å². The summed E-state index contributed by atoms with van der Waals surface area (Å²) in [4.78, 5) is 25.6. The third-order valence-corrected chi connectivity index (χ3v) is 4.97. The predicted molar refractivity (Wildman–Crippen MR) is 113 cm³/mol. The van der Waals surface area contributed by atoms with E-state index >= 15 is 0 Å². The van der Waals surface area contributed by atoms with Gasteiger partial charge in [0.2, 0.25) is 0 Å². The van der Waals surface area contributed by atoms with Crippen LogP contribution in [-0.2, 0) is 0 Å². The number of hydrogen-bond donors (Lipinski definition) is 2. The van der Waals surface area contributed by atoms with Crippen molar-refractivity contribution in [1.29, 1.82) is 0 Å². The van der Waals surface area contributed by atoms with Crippen molar-refractivity contribution in [3.05, 3.63) is 73.6 Å². The van der Waals surface area contributed by atoms with Gasteiger partial charge in [-0.3, -0.25) is 20.1 Å². The molecule has 0 aliphatic heterocycles. The fraction of sp³-hybridized carbons (Fsp3) is 0. The first kappa shape index (κ1) is 16.5. The van der Waals surface area contributed by atoms with Gasteiger partial charge in [-0.1, -0.05) is 6.07 Å². The number of hydrogen-bond acceptors (Lipinski definition) is 6. The second-order valence-corrected chi connectivity index (χ2v) is 6.81. The highest BCUT2D eigenvalue weighted by atomic mass is 15.1. The molecule has 0 unspecified atom stereocenters. The van der Waals surface area contributed by atoms with Crippen LogP contribution in [0.15, 0.2) is 73.6 Å². The first-order valence-corrected chi connectivity index (χ1v) is 9.37. The Morgan fingerprint density at radius 2 is 1.60 bits per heavy atom. The number of rotatable bonds is 3. The highest BCUT2D eigenvalue weighted by Crippen LogP contribution is 2.30. The number of fused-ring (bicyclic) bond motifs is 2. The van der Waals surface area contributed by atoms with Crippen LogP contribution in [0.25, 0.3) is 56.0 Å². The molecule has 142 valence electrons. The molecule has 0 saturated heterocycles. The summed E-state index contributed by atoms with van der Waals surface area (Å²) < 4.78 is 0. The summed E-state index contributed by atoms with van der Waals surface area (Å²) in [5.41, 5.74) is 7.60. The van der Waals surface area contributed by atoms with Gasteiger partial charge in [0.05, 0.1) is 22.9 Å². The molecule has 30 heavy (non-hydrogen) atoms. The molecule has 0 amide bonds.